The van der Waals surface area contributed by atoms with Gasteiger partial charge in [-0.2, -0.15) is 4.37 Å². The van der Waals surface area contributed by atoms with Gasteiger partial charge in [0.1, 0.15) is 10.6 Å². The van der Waals surface area contributed by atoms with Crippen LogP contribution in [-0.4, -0.2) is 21.4 Å². The lowest BCUT2D eigenvalue weighted by Gasteiger charge is -2.04. The molecule has 0 atom stereocenters. The molecular formula is C13H13N3O3S. The van der Waals surface area contributed by atoms with Gasteiger partial charge in [0.05, 0.1) is 12.1 Å². The van der Waals surface area contributed by atoms with Crippen LogP contribution in [0.3, 0.4) is 0 Å². The summed E-state index contributed by atoms with van der Waals surface area (Å²) in [5, 5.41) is 11.9. The van der Waals surface area contributed by atoms with Crippen molar-refractivity contribution in [3.05, 3.63) is 41.1 Å². The summed E-state index contributed by atoms with van der Waals surface area (Å²) in [6.07, 6.45) is 0.126. The number of aromatic carboxylic acids is 1. The molecule has 1 heterocycles. The number of carbonyl (C=O) groups excluding carboxylic acids is 1. The molecule has 1 amide bonds. The first-order chi connectivity index (χ1) is 9.47. The van der Waals surface area contributed by atoms with E-state index < -0.39 is 5.97 Å². The van der Waals surface area contributed by atoms with Crippen LogP contribution in [0.25, 0.3) is 0 Å². The summed E-state index contributed by atoms with van der Waals surface area (Å²) in [6, 6.07) is 6.98. The van der Waals surface area contributed by atoms with Crippen LogP contribution in [0.2, 0.25) is 0 Å². The molecular weight excluding hydrogens is 278 g/mol. The first-order valence-corrected chi connectivity index (χ1v) is 6.58. The van der Waals surface area contributed by atoms with Gasteiger partial charge in [0.25, 0.3) is 0 Å². The van der Waals surface area contributed by atoms with Gasteiger partial charge in [0.15, 0.2) is 0 Å². The number of aromatic nitrogens is 1. The number of carbonyl (C=O) groups is 2. The molecule has 0 aliphatic heterocycles. The number of amides is 1. The maximum Gasteiger partial charge on any atom is 0.340 e. The third-order valence-electron chi connectivity index (χ3n) is 2.65. The Morgan fingerprint density at radius 3 is 2.85 bits per heavy atom. The molecule has 4 N–H and O–H groups in total. The smallest absolute Gasteiger partial charge is 0.340 e. The lowest BCUT2D eigenvalue weighted by atomic mass is 10.1. The Bertz CT molecular complexity index is 667. The third-order valence-corrected chi connectivity index (χ3v) is 3.50. The second-order valence-corrected chi connectivity index (χ2v) is 5.02. The van der Waals surface area contributed by atoms with Gasteiger partial charge in [0, 0.05) is 5.69 Å². The molecule has 0 spiro atoms. The van der Waals surface area contributed by atoms with Crippen molar-refractivity contribution >= 4 is 34.1 Å². The summed E-state index contributed by atoms with van der Waals surface area (Å²) >= 11 is 0.959. The molecule has 2 rings (SSSR count). The molecule has 0 aliphatic carbocycles. The Labute approximate surface area is 119 Å². The molecule has 0 bridgehead atoms. The number of nitrogens with zero attached hydrogens (tertiary/aromatic N) is 1. The van der Waals surface area contributed by atoms with Crippen LogP contribution in [0.4, 0.5) is 10.7 Å². The average Bonchev–Trinajstić information content (AvgIpc) is 2.70. The van der Waals surface area contributed by atoms with Crippen molar-refractivity contribution in [3.63, 3.8) is 0 Å². The highest BCUT2D eigenvalue weighted by Gasteiger charge is 2.19. The van der Waals surface area contributed by atoms with Gasteiger partial charge in [-0.05, 0) is 36.2 Å². The number of nitrogens with two attached hydrogens (primary N) is 1. The van der Waals surface area contributed by atoms with Crippen LogP contribution in [0.15, 0.2) is 24.3 Å². The van der Waals surface area contributed by atoms with Crippen molar-refractivity contribution in [3.8, 4) is 0 Å². The Balaban J connectivity index is 2.11. The highest BCUT2D eigenvalue weighted by atomic mass is 32.1. The second-order valence-electron chi connectivity index (χ2n) is 4.25. The average molecular weight is 291 g/mol. The fourth-order valence-corrected chi connectivity index (χ4v) is 2.57. The highest BCUT2D eigenvalue weighted by Crippen LogP contribution is 2.24. The lowest BCUT2D eigenvalue weighted by molar-refractivity contribution is -0.115. The topological polar surface area (TPSA) is 105 Å². The normalized spacial score (nSPS) is 10.2. The van der Waals surface area contributed by atoms with E-state index >= 15 is 0 Å². The van der Waals surface area contributed by atoms with Crippen LogP contribution in [-0.2, 0) is 11.2 Å². The quantitative estimate of drug-likeness (QED) is 0.746. The van der Waals surface area contributed by atoms with E-state index in [1.165, 1.54) is 0 Å². The van der Waals surface area contributed by atoms with Gasteiger partial charge < -0.3 is 16.2 Å². The number of hydrogen-bond donors (Lipinski definition) is 3. The molecule has 0 unspecified atom stereocenters. The minimum atomic E-state index is -1.10. The summed E-state index contributed by atoms with van der Waals surface area (Å²) < 4.78 is 3.94. The first-order valence-electron chi connectivity index (χ1n) is 5.81. The summed E-state index contributed by atoms with van der Waals surface area (Å²) in [5.74, 6) is -1.41. The zero-order valence-corrected chi connectivity index (χ0v) is 11.5. The summed E-state index contributed by atoms with van der Waals surface area (Å²) in [7, 11) is 0. The Hall–Kier alpha value is -2.41. The number of hydrogen-bond acceptors (Lipinski definition) is 5. The molecule has 6 nitrogen and oxygen atoms in total. The number of benzene rings is 1. The first kappa shape index (κ1) is 14.0. The Morgan fingerprint density at radius 2 is 2.20 bits per heavy atom. The van der Waals surface area contributed by atoms with Gasteiger partial charge in [-0.25, -0.2) is 4.79 Å². The van der Waals surface area contributed by atoms with Crippen molar-refractivity contribution in [2.45, 2.75) is 13.3 Å². The standard InChI is InChI=1S/C13H13N3O3S/c1-7-11(13(18)19)12(20-16-7)15-10(17)6-8-3-2-4-9(14)5-8/h2-5H,6,14H2,1H3,(H,15,17)(H,18,19). The summed E-state index contributed by atoms with van der Waals surface area (Å²) in [6.45, 7) is 1.59. The fraction of sp³-hybridized carbons (Fsp3) is 0.154. The zero-order valence-electron chi connectivity index (χ0n) is 10.7. The van der Waals surface area contributed by atoms with Crippen molar-refractivity contribution in [1.82, 2.24) is 4.37 Å². The van der Waals surface area contributed by atoms with E-state index in [1.54, 1.807) is 31.2 Å². The monoisotopic (exact) mass is 291 g/mol. The molecule has 0 aliphatic rings. The number of nitrogens with one attached hydrogen (secondary N) is 1. The van der Waals surface area contributed by atoms with Gasteiger partial charge >= 0.3 is 5.97 Å². The molecule has 0 saturated carbocycles. The van der Waals surface area contributed by atoms with E-state index in [4.69, 9.17) is 10.8 Å². The minimum absolute atomic E-state index is 0.0379. The van der Waals surface area contributed by atoms with E-state index in [0.717, 1.165) is 17.1 Å². The number of anilines is 2. The van der Waals surface area contributed by atoms with Gasteiger partial charge in [-0.3, -0.25) is 4.79 Å². The molecule has 0 fully saturated rings. The molecule has 0 saturated heterocycles. The van der Waals surface area contributed by atoms with Crippen LogP contribution in [0.1, 0.15) is 21.6 Å². The molecule has 2 aromatic rings. The molecule has 0 radical (unpaired) electrons. The fourth-order valence-electron chi connectivity index (χ4n) is 1.77. The number of carboxylic acids is 1. The molecule has 20 heavy (non-hydrogen) atoms. The van der Waals surface area contributed by atoms with Crippen molar-refractivity contribution < 1.29 is 14.7 Å². The van der Waals surface area contributed by atoms with E-state index in [9.17, 15) is 9.59 Å². The predicted molar refractivity (Wildman–Crippen MR) is 77.0 cm³/mol. The van der Waals surface area contributed by atoms with E-state index in [0.29, 0.717) is 11.4 Å². The Kier molecular flexibility index (Phi) is 3.99. The van der Waals surface area contributed by atoms with E-state index in [2.05, 4.69) is 9.69 Å². The molecule has 1 aromatic heterocycles. The highest BCUT2D eigenvalue weighted by molar-refractivity contribution is 7.11. The number of nitrogen functional groups attached to an aromatic ring is 1. The lowest BCUT2D eigenvalue weighted by Crippen LogP contribution is -2.15. The van der Waals surface area contributed by atoms with Crippen LogP contribution in [0.5, 0.6) is 0 Å². The van der Waals surface area contributed by atoms with Crippen LogP contribution >= 0.6 is 11.5 Å². The third kappa shape index (κ3) is 3.12. The maximum atomic E-state index is 11.9. The summed E-state index contributed by atoms with van der Waals surface area (Å²) in [4.78, 5) is 23.0. The second kappa shape index (κ2) is 5.70. The van der Waals surface area contributed by atoms with Gasteiger partial charge in [-0.1, -0.05) is 12.1 Å². The van der Waals surface area contributed by atoms with Gasteiger partial charge in [0.2, 0.25) is 5.91 Å². The van der Waals surface area contributed by atoms with Crippen molar-refractivity contribution in [1.29, 1.82) is 0 Å². The molecule has 104 valence electrons. The zero-order chi connectivity index (χ0) is 14.7. The Morgan fingerprint density at radius 1 is 1.45 bits per heavy atom. The van der Waals surface area contributed by atoms with Gasteiger partial charge in [-0.15, -0.1) is 0 Å². The number of aryl methyl sites for hydroxylation is 1. The predicted octanol–water partition coefficient (Wildman–Crippen LogP) is 1.91. The largest absolute Gasteiger partial charge is 0.478 e. The number of rotatable bonds is 4. The maximum absolute atomic E-state index is 11.9. The van der Waals surface area contributed by atoms with Crippen molar-refractivity contribution in [2.24, 2.45) is 0 Å². The SMILES string of the molecule is Cc1nsc(NC(=O)Cc2cccc(N)c2)c1C(=O)O. The number of carboxylic acid groups (broad SMARTS) is 1. The van der Waals surface area contributed by atoms with E-state index in [1.807, 2.05) is 0 Å². The van der Waals surface area contributed by atoms with Crippen LogP contribution in [0, 0.1) is 6.92 Å². The van der Waals surface area contributed by atoms with E-state index in [-0.39, 0.29) is 22.9 Å². The van der Waals surface area contributed by atoms with Crippen LogP contribution < -0.4 is 11.1 Å². The minimum Gasteiger partial charge on any atom is -0.478 e. The molecule has 1 aromatic carbocycles. The van der Waals surface area contributed by atoms with Crippen molar-refractivity contribution in [2.75, 3.05) is 11.1 Å². The summed E-state index contributed by atoms with van der Waals surface area (Å²) in [5.41, 5.74) is 7.41. The molecule has 7 heteroatoms.